The summed E-state index contributed by atoms with van der Waals surface area (Å²) >= 11 is 0. The maximum Gasteiger partial charge on any atom is 0.306 e. The number of benzene rings is 1. The molecule has 7 heteroatoms. The van der Waals surface area contributed by atoms with Crippen molar-refractivity contribution in [1.29, 1.82) is 5.26 Å². The molecule has 112 valence electrons. The molecule has 0 aromatic heterocycles. The summed E-state index contributed by atoms with van der Waals surface area (Å²) in [5.41, 5.74) is 0.0752. The number of rotatable bonds is 5. The summed E-state index contributed by atoms with van der Waals surface area (Å²) < 4.78 is 26.9. The molecule has 1 aromatic rings. The number of sulfonamides is 1. The van der Waals surface area contributed by atoms with Gasteiger partial charge in [0.2, 0.25) is 10.0 Å². The number of carbonyl (C=O) groups is 1. The van der Waals surface area contributed by atoms with Crippen LogP contribution in [0.4, 0.5) is 0 Å². The second-order valence-corrected chi connectivity index (χ2v) is 6.83. The Morgan fingerprint density at radius 3 is 2.76 bits per heavy atom. The minimum atomic E-state index is -3.81. The molecule has 0 radical (unpaired) electrons. The number of nitrogens with zero attached hydrogens (tertiary/aromatic N) is 1. The van der Waals surface area contributed by atoms with Crippen LogP contribution in [0.5, 0.6) is 0 Å². The SMILES string of the molecule is N#Cc1ccccc1S(=O)(=O)NCC1CCCC1C(=O)O. The Morgan fingerprint density at radius 2 is 2.10 bits per heavy atom. The predicted molar refractivity (Wildman–Crippen MR) is 74.8 cm³/mol. The zero-order chi connectivity index (χ0) is 15.5. The van der Waals surface area contributed by atoms with Gasteiger partial charge < -0.3 is 5.11 Å². The highest BCUT2D eigenvalue weighted by Crippen LogP contribution is 2.31. The molecule has 2 unspecified atom stereocenters. The van der Waals surface area contributed by atoms with E-state index < -0.39 is 21.9 Å². The largest absolute Gasteiger partial charge is 0.481 e. The second-order valence-electron chi connectivity index (χ2n) is 5.10. The molecule has 0 spiro atoms. The third-order valence-electron chi connectivity index (χ3n) is 3.81. The molecule has 2 rings (SSSR count). The van der Waals surface area contributed by atoms with Gasteiger partial charge >= 0.3 is 5.97 Å². The lowest BCUT2D eigenvalue weighted by Gasteiger charge is -2.16. The molecular formula is C14H16N2O4S. The lowest BCUT2D eigenvalue weighted by Crippen LogP contribution is -2.33. The van der Waals surface area contributed by atoms with E-state index in [1.165, 1.54) is 12.1 Å². The van der Waals surface area contributed by atoms with E-state index in [0.717, 1.165) is 6.42 Å². The lowest BCUT2D eigenvalue weighted by molar-refractivity contribution is -0.142. The number of carboxylic acids is 1. The van der Waals surface area contributed by atoms with Gasteiger partial charge in [-0.25, -0.2) is 13.1 Å². The van der Waals surface area contributed by atoms with E-state index in [2.05, 4.69) is 4.72 Å². The summed E-state index contributed by atoms with van der Waals surface area (Å²) in [5.74, 6) is -1.58. The molecule has 1 aliphatic carbocycles. The first-order valence-electron chi connectivity index (χ1n) is 6.67. The first-order chi connectivity index (χ1) is 9.95. The number of aliphatic carboxylic acids is 1. The van der Waals surface area contributed by atoms with Gasteiger partial charge in [0.05, 0.1) is 16.4 Å². The molecule has 21 heavy (non-hydrogen) atoms. The number of carboxylic acid groups (broad SMARTS) is 1. The topological polar surface area (TPSA) is 107 Å². The van der Waals surface area contributed by atoms with Gasteiger partial charge in [-0.3, -0.25) is 4.79 Å². The van der Waals surface area contributed by atoms with Crippen LogP contribution in [0.15, 0.2) is 29.2 Å². The van der Waals surface area contributed by atoms with Crippen LogP contribution in [0, 0.1) is 23.2 Å². The van der Waals surface area contributed by atoms with E-state index in [1.807, 2.05) is 6.07 Å². The standard InChI is InChI=1S/C14H16N2O4S/c15-8-10-4-1-2-7-13(10)21(19,20)16-9-11-5-3-6-12(11)14(17)18/h1-2,4,7,11-12,16H,3,5-6,9H2,(H,17,18). The Morgan fingerprint density at radius 1 is 1.38 bits per heavy atom. The first-order valence-corrected chi connectivity index (χ1v) is 8.15. The van der Waals surface area contributed by atoms with Crippen molar-refractivity contribution in [1.82, 2.24) is 4.72 Å². The van der Waals surface area contributed by atoms with E-state index in [4.69, 9.17) is 10.4 Å². The van der Waals surface area contributed by atoms with Gasteiger partial charge in [0.25, 0.3) is 0 Å². The van der Waals surface area contributed by atoms with Crippen LogP contribution in [-0.2, 0) is 14.8 Å². The van der Waals surface area contributed by atoms with Crippen LogP contribution in [0.25, 0.3) is 0 Å². The molecule has 0 bridgehead atoms. The molecule has 1 aromatic carbocycles. The molecule has 0 heterocycles. The summed E-state index contributed by atoms with van der Waals surface area (Å²) in [6.45, 7) is 0.0824. The van der Waals surface area contributed by atoms with Gasteiger partial charge in [-0.1, -0.05) is 18.6 Å². The van der Waals surface area contributed by atoms with E-state index in [0.29, 0.717) is 12.8 Å². The molecule has 6 nitrogen and oxygen atoms in total. The zero-order valence-corrected chi connectivity index (χ0v) is 12.1. The number of nitrogens with one attached hydrogen (secondary N) is 1. The van der Waals surface area contributed by atoms with Crippen molar-refractivity contribution >= 4 is 16.0 Å². The number of nitriles is 1. The summed E-state index contributed by atoms with van der Waals surface area (Å²) in [7, 11) is -3.81. The van der Waals surface area contributed by atoms with E-state index in [1.54, 1.807) is 12.1 Å². The van der Waals surface area contributed by atoms with Crippen LogP contribution in [0.1, 0.15) is 24.8 Å². The Bertz CT molecular complexity index is 678. The number of hydrogen-bond donors (Lipinski definition) is 2. The molecule has 0 saturated heterocycles. The van der Waals surface area contributed by atoms with Crippen molar-refractivity contribution in [3.05, 3.63) is 29.8 Å². The fourth-order valence-electron chi connectivity index (χ4n) is 2.69. The molecule has 2 atom stereocenters. The highest BCUT2D eigenvalue weighted by Gasteiger charge is 2.33. The summed E-state index contributed by atoms with van der Waals surface area (Å²) in [4.78, 5) is 11.0. The molecular weight excluding hydrogens is 292 g/mol. The Hall–Kier alpha value is -1.91. The molecule has 0 aliphatic heterocycles. The predicted octanol–water partition coefficient (Wildman–Crippen LogP) is 1.34. The third kappa shape index (κ3) is 3.40. The van der Waals surface area contributed by atoms with Crippen LogP contribution >= 0.6 is 0 Å². The van der Waals surface area contributed by atoms with Crippen LogP contribution < -0.4 is 4.72 Å². The monoisotopic (exact) mass is 308 g/mol. The second kappa shape index (κ2) is 6.24. The minimum Gasteiger partial charge on any atom is -0.481 e. The molecule has 0 amide bonds. The van der Waals surface area contributed by atoms with Crippen molar-refractivity contribution in [3.8, 4) is 6.07 Å². The maximum absolute atomic E-state index is 12.2. The van der Waals surface area contributed by atoms with Crippen molar-refractivity contribution in [3.63, 3.8) is 0 Å². The van der Waals surface area contributed by atoms with E-state index in [-0.39, 0.29) is 22.9 Å². The third-order valence-corrected chi connectivity index (χ3v) is 5.29. The highest BCUT2D eigenvalue weighted by atomic mass is 32.2. The quantitative estimate of drug-likeness (QED) is 0.853. The fourth-order valence-corrected chi connectivity index (χ4v) is 3.94. The minimum absolute atomic E-state index is 0.0719. The van der Waals surface area contributed by atoms with Crippen LogP contribution in [0.3, 0.4) is 0 Å². The normalized spacial score (nSPS) is 21.9. The Kier molecular flexibility index (Phi) is 4.60. The zero-order valence-electron chi connectivity index (χ0n) is 11.3. The fraction of sp³-hybridized carbons (Fsp3) is 0.429. The van der Waals surface area contributed by atoms with Crippen LogP contribution in [0.2, 0.25) is 0 Å². The maximum atomic E-state index is 12.2. The van der Waals surface area contributed by atoms with Crippen molar-refractivity contribution < 1.29 is 18.3 Å². The van der Waals surface area contributed by atoms with Crippen LogP contribution in [-0.4, -0.2) is 26.0 Å². The van der Waals surface area contributed by atoms with Gasteiger partial charge in [0.15, 0.2) is 0 Å². The summed E-state index contributed by atoms with van der Waals surface area (Å²) in [6, 6.07) is 7.78. The Balaban J connectivity index is 2.12. The average Bonchev–Trinajstić information content (AvgIpc) is 2.94. The van der Waals surface area contributed by atoms with Crippen molar-refractivity contribution in [2.24, 2.45) is 11.8 Å². The van der Waals surface area contributed by atoms with Crippen molar-refractivity contribution in [2.45, 2.75) is 24.2 Å². The molecule has 1 aliphatic rings. The molecule has 2 N–H and O–H groups in total. The van der Waals surface area contributed by atoms with Gasteiger partial charge in [-0.15, -0.1) is 0 Å². The summed E-state index contributed by atoms with van der Waals surface area (Å²) in [6.07, 6.45) is 2.06. The first kappa shape index (κ1) is 15.5. The Labute approximate surface area is 123 Å². The van der Waals surface area contributed by atoms with Crippen molar-refractivity contribution in [2.75, 3.05) is 6.54 Å². The van der Waals surface area contributed by atoms with Gasteiger partial charge in [-0.2, -0.15) is 5.26 Å². The van der Waals surface area contributed by atoms with Gasteiger partial charge in [0.1, 0.15) is 6.07 Å². The summed E-state index contributed by atoms with van der Waals surface area (Å²) in [5, 5.41) is 18.0. The smallest absolute Gasteiger partial charge is 0.306 e. The van der Waals surface area contributed by atoms with Gasteiger partial charge in [0, 0.05) is 6.54 Å². The molecule has 1 saturated carbocycles. The van der Waals surface area contributed by atoms with Gasteiger partial charge in [-0.05, 0) is 30.9 Å². The number of hydrogen-bond acceptors (Lipinski definition) is 4. The van der Waals surface area contributed by atoms with E-state index >= 15 is 0 Å². The highest BCUT2D eigenvalue weighted by molar-refractivity contribution is 7.89. The van der Waals surface area contributed by atoms with E-state index in [9.17, 15) is 13.2 Å². The average molecular weight is 308 g/mol. The molecule has 1 fully saturated rings. The lowest BCUT2D eigenvalue weighted by atomic mass is 9.97.